The van der Waals surface area contributed by atoms with Crippen LogP contribution in [0, 0.1) is 0 Å². The average molecular weight is 303 g/mol. The maximum Gasteiger partial charge on any atom is 0.205 e. The third-order valence-electron chi connectivity index (χ3n) is 3.85. The standard InChI is InChI=1S/C16H21N3OS/c1-3-15-17-16(21-18-15)19-11-5-6-14(19)12-7-9-13(10-8-12)20-4-2/h7-10,14H,3-6,11H2,1-2H3. The van der Waals surface area contributed by atoms with Gasteiger partial charge in [-0.15, -0.1) is 0 Å². The highest BCUT2D eigenvalue weighted by molar-refractivity contribution is 7.09. The highest BCUT2D eigenvalue weighted by Gasteiger charge is 2.28. The number of aryl methyl sites for hydroxylation is 1. The topological polar surface area (TPSA) is 38.2 Å². The molecule has 2 heterocycles. The number of anilines is 1. The summed E-state index contributed by atoms with van der Waals surface area (Å²) in [6.07, 6.45) is 3.28. The van der Waals surface area contributed by atoms with Gasteiger partial charge in [-0.1, -0.05) is 19.1 Å². The fourth-order valence-corrected chi connectivity index (χ4v) is 3.63. The van der Waals surface area contributed by atoms with Crippen LogP contribution in [0.15, 0.2) is 24.3 Å². The van der Waals surface area contributed by atoms with Crippen molar-refractivity contribution in [3.8, 4) is 5.75 Å². The number of ether oxygens (including phenoxy) is 1. The molecular formula is C16H21N3OS. The molecule has 4 nitrogen and oxygen atoms in total. The summed E-state index contributed by atoms with van der Waals surface area (Å²) in [4.78, 5) is 7.04. The number of nitrogens with zero attached hydrogens (tertiary/aromatic N) is 3. The normalized spacial score (nSPS) is 18.2. The summed E-state index contributed by atoms with van der Waals surface area (Å²) in [7, 11) is 0. The van der Waals surface area contributed by atoms with Crippen LogP contribution >= 0.6 is 11.5 Å². The minimum Gasteiger partial charge on any atom is -0.494 e. The van der Waals surface area contributed by atoms with Crippen molar-refractivity contribution in [2.75, 3.05) is 18.1 Å². The number of benzene rings is 1. The van der Waals surface area contributed by atoms with Gasteiger partial charge in [0.15, 0.2) is 0 Å². The van der Waals surface area contributed by atoms with Gasteiger partial charge in [0.25, 0.3) is 0 Å². The molecule has 1 fully saturated rings. The number of hydrogen-bond donors (Lipinski definition) is 0. The van der Waals surface area contributed by atoms with Crippen molar-refractivity contribution in [3.63, 3.8) is 0 Å². The molecule has 21 heavy (non-hydrogen) atoms. The third kappa shape index (κ3) is 3.02. The zero-order chi connectivity index (χ0) is 14.7. The Kier molecular flexibility index (Phi) is 4.39. The van der Waals surface area contributed by atoms with E-state index in [1.165, 1.54) is 29.9 Å². The molecule has 0 amide bonds. The molecular weight excluding hydrogens is 282 g/mol. The molecule has 0 saturated carbocycles. The molecule has 1 aromatic carbocycles. The van der Waals surface area contributed by atoms with Crippen LogP contribution in [0.3, 0.4) is 0 Å². The summed E-state index contributed by atoms with van der Waals surface area (Å²) in [5.74, 6) is 1.89. The number of aromatic nitrogens is 2. The van der Waals surface area contributed by atoms with E-state index in [-0.39, 0.29) is 0 Å². The van der Waals surface area contributed by atoms with Crippen molar-refractivity contribution >= 4 is 16.7 Å². The second-order valence-electron chi connectivity index (χ2n) is 5.20. The summed E-state index contributed by atoms with van der Waals surface area (Å²) in [6.45, 7) is 5.88. The predicted molar refractivity (Wildman–Crippen MR) is 86.2 cm³/mol. The first-order valence-corrected chi connectivity index (χ1v) is 8.41. The Morgan fingerprint density at radius 3 is 2.76 bits per heavy atom. The Hall–Kier alpha value is -1.62. The molecule has 0 N–H and O–H groups in total. The van der Waals surface area contributed by atoms with Gasteiger partial charge in [0.2, 0.25) is 5.13 Å². The molecule has 0 aliphatic carbocycles. The van der Waals surface area contributed by atoms with Gasteiger partial charge < -0.3 is 9.64 Å². The van der Waals surface area contributed by atoms with Crippen LogP contribution in [0.25, 0.3) is 0 Å². The van der Waals surface area contributed by atoms with E-state index in [2.05, 4.69) is 45.4 Å². The van der Waals surface area contributed by atoms with Gasteiger partial charge in [-0.25, -0.2) is 4.98 Å². The van der Waals surface area contributed by atoms with Gasteiger partial charge in [-0.05, 0) is 37.5 Å². The van der Waals surface area contributed by atoms with Crippen LogP contribution in [0.4, 0.5) is 5.13 Å². The monoisotopic (exact) mass is 303 g/mol. The van der Waals surface area contributed by atoms with Crippen molar-refractivity contribution in [1.82, 2.24) is 9.36 Å². The maximum absolute atomic E-state index is 5.52. The fourth-order valence-electron chi connectivity index (χ4n) is 2.80. The zero-order valence-corrected chi connectivity index (χ0v) is 13.4. The van der Waals surface area contributed by atoms with Gasteiger partial charge in [-0.2, -0.15) is 4.37 Å². The van der Waals surface area contributed by atoms with Crippen molar-refractivity contribution in [1.29, 1.82) is 0 Å². The summed E-state index contributed by atoms with van der Waals surface area (Å²) >= 11 is 1.52. The highest BCUT2D eigenvalue weighted by atomic mass is 32.1. The first-order valence-electron chi connectivity index (χ1n) is 7.63. The summed E-state index contributed by atoms with van der Waals surface area (Å²) in [6, 6.07) is 8.89. The molecule has 0 radical (unpaired) electrons. The average Bonchev–Trinajstić information content (AvgIpc) is 3.17. The zero-order valence-electron chi connectivity index (χ0n) is 12.6. The van der Waals surface area contributed by atoms with E-state index in [1.54, 1.807) is 0 Å². The van der Waals surface area contributed by atoms with E-state index in [1.807, 2.05) is 6.92 Å². The predicted octanol–water partition coefficient (Wildman–Crippen LogP) is 3.84. The van der Waals surface area contributed by atoms with Crippen molar-refractivity contribution in [2.24, 2.45) is 0 Å². The molecule has 3 rings (SSSR count). The van der Waals surface area contributed by atoms with Crippen LogP contribution in [0.1, 0.15) is 44.1 Å². The fraction of sp³-hybridized carbons (Fsp3) is 0.500. The molecule has 1 saturated heterocycles. The Morgan fingerprint density at radius 1 is 1.29 bits per heavy atom. The molecule has 2 aromatic rings. The van der Waals surface area contributed by atoms with Crippen molar-refractivity contribution in [2.45, 2.75) is 39.2 Å². The molecule has 1 atom stereocenters. The smallest absolute Gasteiger partial charge is 0.205 e. The van der Waals surface area contributed by atoms with Crippen LogP contribution in [-0.4, -0.2) is 22.5 Å². The Morgan fingerprint density at radius 2 is 2.10 bits per heavy atom. The van der Waals surface area contributed by atoms with E-state index >= 15 is 0 Å². The van der Waals surface area contributed by atoms with Crippen LogP contribution in [-0.2, 0) is 6.42 Å². The second kappa shape index (κ2) is 6.43. The number of rotatable bonds is 5. The lowest BCUT2D eigenvalue weighted by molar-refractivity contribution is 0.340. The second-order valence-corrected chi connectivity index (χ2v) is 5.93. The molecule has 1 aliphatic heterocycles. The highest BCUT2D eigenvalue weighted by Crippen LogP contribution is 2.37. The molecule has 1 unspecified atom stereocenters. The lowest BCUT2D eigenvalue weighted by Gasteiger charge is -2.24. The Labute approximate surface area is 129 Å². The molecule has 0 bridgehead atoms. The quantitative estimate of drug-likeness (QED) is 0.841. The Bertz CT molecular complexity index is 581. The summed E-state index contributed by atoms with van der Waals surface area (Å²) in [5.41, 5.74) is 1.34. The SMILES string of the molecule is CCOc1ccc(C2CCCN2c2nc(CC)ns2)cc1. The first-order chi connectivity index (χ1) is 10.3. The molecule has 1 aromatic heterocycles. The van der Waals surface area contributed by atoms with Gasteiger partial charge in [0.1, 0.15) is 11.6 Å². The maximum atomic E-state index is 5.52. The lowest BCUT2D eigenvalue weighted by atomic mass is 10.0. The summed E-state index contributed by atoms with van der Waals surface area (Å²) in [5, 5.41) is 1.06. The van der Waals surface area contributed by atoms with E-state index in [9.17, 15) is 0 Å². The van der Waals surface area contributed by atoms with Gasteiger partial charge in [0, 0.05) is 24.5 Å². The van der Waals surface area contributed by atoms with Crippen molar-refractivity contribution in [3.05, 3.63) is 35.7 Å². The minimum atomic E-state index is 0.415. The lowest BCUT2D eigenvalue weighted by Crippen LogP contribution is -2.22. The van der Waals surface area contributed by atoms with E-state index in [4.69, 9.17) is 4.74 Å². The minimum absolute atomic E-state index is 0.415. The van der Waals surface area contributed by atoms with E-state index in [0.717, 1.165) is 29.7 Å². The number of hydrogen-bond acceptors (Lipinski definition) is 5. The Balaban J connectivity index is 1.79. The van der Waals surface area contributed by atoms with E-state index in [0.29, 0.717) is 12.6 Å². The first kappa shape index (κ1) is 14.3. The summed E-state index contributed by atoms with van der Waals surface area (Å²) < 4.78 is 9.93. The molecule has 0 spiro atoms. The van der Waals surface area contributed by atoms with Crippen LogP contribution < -0.4 is 9.64 Å². The van der Waals surface area contributed by atoms with Crippen molar-refractivity contribution < 1.29 is 4.74 Å². The largest absolute Gasteiger partial charge is 0.494 e. The third-order valence-corrected chi connectivity index (χ3v) is 4.64. The molecule has 1 aliphatic rings. The van der Waals surface area contributed by atoms with Crippen LogP contribution in [0.2, 0.25) is 0 Å². The van der Waals surface area contributed by atoms with Gasteiger partial charge in [0.05, 0.1) is 12.6 Å². The molecule has 5 heteroatoms. The van der Waals surface area contributed by atoms with Crippen LogP contribution in [0.5, 0.6) is 5.75 Å². The van der Waals surface area contributed by atoms with E-state index < -0.39 is 0 Å². The van der Waals surface area contributed by atoms with Gasteiger partial charge >= 0.3 is 0 Å². The molecule has 112 valence electrons. The van der Waals surface area contributed by atoms with Gasteiger partial charge in [-0.3, -0.25) is 0 Å².